The molecule has 14 heavy (non-hydrogen) atoms. The molecule has 1 saturated carbocycles. The van der Waals surface area contributed by atoms with Crippen LogP contribution in [-0.2, 0) is 14.6 Å². The molecule has 0 radical (unpaired) electrons. The molecule has 0 saturated heterocycles. The van der Waals surface area contributed by atoms with Crippen molar-refractivity contribution in [2.75, 3.05) is 6.26 Å². The topological polar surface area (TPSA) is 34.1 Å². The van der Waals surface area contributed by atoms with Gasteiger partial charge in [0.1, 0.15) is 0 Å². The Hall–Kier alpha value is -0.350. The first-order chi connectivity index (χ1) is 6.47. The second kappa shape index (κ2) is 3.07. The minimum atomic E-state index is -3.00. The molecule has 0 bridgehead atoms. The molecule has 1 aromatic carbocycles. The van der Waals surface area contributed by atoms with Crippen LogP contribution in [0.5, 0.6) is 0 Å². The van der Waals surface area contributed by atoms with Gasteiger partial charge < -0.3 is 0 Å². The molecule has 1 aliphatic rings. The third kappa shape index (κ3) is 1.41. The van der Waals surface area contributed by atoms with Gasteiger partial charge in [0.2, 0.25) is 0 Å². The van der Waals surface area contributed by atoms with E-state index in [1.165, 1.54) is 6.26 Å². The van der Waals surface area contributed by atoms with E-state index < -0.39 is 14.6 Å². The molecule has 2 nitrogen and oxygen atoms in total. The summed E-state index contributed by atoms with van der Waals surface area (Å²) in [5, 5.41) is 0. The van der Waals surface area contributed by atoms with Crippen LogP contribution in [0.15, 0.2) is 28.7 Å². The highest BCUT2D eigenvalue weighted by atomic mass is 79.9. The van der Waals surface area contributed by atoms with Gasteiger partial charge in [-0.25, -0.2) is 8.42 Å². The van der Waals surface area contributed by atoms with Crippen LogP contribution in [0.4, 0.5) is 0 Å². The Balaban J connectivity index is 2.57. The van der Waals surface area contributed by atoms with Crippen molar-refractivity contribution in [3.8, 4) is 0 Å². The normalized spacial score (nSPS) is 19.3. The standard InChI is InChI=1S/C10H11BrO2S/c1-14(12,13)10(6-7-10)8-4-2-3-5-9(8)11/h2-5H,6-7H2,1H3. The Morgan fingerprint density at radius 2 is 1.86 bits per heavy atom. The van der Waals surface area contributed by atoms with Gasteiger partial charge >= 0.3 is 0 Å². The Morgan fingerprint density at radius 3 is 2.29 bits per heavy atom. The van der Waals surface area contributed by atoms with Crippen LogP contribution >= 0.6 is 15.9 Å². The summed E-state index contributed by atoms with van der Waals surface area (Å²) in [7, 11) is -3.00. The second-order valence-corrected chi connectivity index (χ2v) is 6.93. The first-order valence-electron chi connectivity index (χ1n) is 4.42. The van der Waals surface area contributed by atoms with E-state index in [1.54, 1.807) is 0 Å². The molecule has 4 heteroatoms. The van der Waals surface area contributed by atoms with Gasteiger partial charge in [0.25, 0.3) is 0 Å². The lowest BCUT2D eigenvalue weighted by atomic mass is 10.1. The molecular weight excluding hydrogens is 264 g/mol. The number of hydrogen-bond acceptors (Lipinski definition) is 2. The van der Waals surface area contributed by atoms with Gasteiger partial charge in [-0.2, -0.15) is 0 Å². The van der Waals surface area contributed by atoms with E-state index >= 15 is 0 Å². The van der Waals surface area contributed by atoms with Crippen molar-refractivity contribution in [1.29, 1.82) is 0 Å². The molecule has 1 fully saturated rings. The summed E-state index contributed by atoms with van der Waals surface area (Å²) in [5.41, 5.74) is 0.905. The fraction of sp³-hybridized carbons (Fsp3) is 0.400. The number of halogens is 1. The Labute approximate surface area is 92.4 Å². The highest BCUT2D eigenvalue weighted by Gasteiger charge is 2.54. The van der Waals surface area contributed by atoms with Crippen LogP contribution < -0.4 is 0 Å². The fourth-order valence-electron chi connectivity index (χ4n) is 1.78. The average molecular weight is 275 g/mol. The van der Waals surface area contributed by atoms with Crippen molar-refractivity contribution < 1.29 is 8.42 Å². The Bertz CT molecular complexity index is 461. The third-order valence-corrected chi connectivity index (χ3v) is 5.52. The van der Waals surface area contributed by atoms with Crippen molar-refractivity contribution in [2.24, 2.45) is 0 Å². The summed E-state index contributed by atoms with van der Waals surface area (Å²) in [6.45, 7) is 0. The summed E-state index contributed by atoms with van der Waals surface area (Å²) in [6, 6.07) is 7.55. The molecule has 0 atom stereocenters. The van der Waals surface area contributed by atoms with E-state index in [4.69, 9.17) is 0 Å². The summed E-state index contributed by atoms with van der Waals surface area (Å²) in [5.74, 6) is 0. The molecule has 1 aliphatic carbocycles. The summed E-state index contributed by atoms with van der Waals surface area (Å²) in [4.78, 5) is 0. The molecule has 0 heterocycles. The van der Waals surface area contributed by atoms with Crippen molar-refractivity contribution in [3.05, 3.63) is 34.3 Å². The molecule has 0 aliphatic heterocycles. The van der Waals surface area contributed by atoms with Gasteiger partial charge in [-0.3, -0.25) is 0 Å². The van der Waals surface area contributed by atoms with Crippen LogP contribution in [0.3, 0.4) is 0 Å². The number of benzene rings is 1. The first-order valence-corrected chi connectivity index (χ1v) is 7.10. The summed E-state index contributed by atoms with van der Waals surface area (Å²) < 4.78 is 23.6. The maximum Gasteiger partial charge on any atom is 0.157 e. The smallest absolute Gasteiger partial charge is 0.157 e. The maximum absolute atomic E-state index is 11.6. The van der Waals surface area contributed by atoms with Gasteiger partial charge in [0, 0.05) is 10.7 Å². The molecular formula is C10H11BrO2S. The van der Waals surface area contributed by atoms with Gasteiger partial charge in [0.05, 0.1) is 4.75 Å². The van der Waals surface area contributed by atoms with Gasteiger partial charge in [-0.05, 0) is 24.5 Å². The predicted octanol–water partition coefficient (Wildman–Crippen LogP) is 2.48. The zero-order valence-electron chi connectivity index (χ0n) is 7.83. The highest BCUT2D eigenvalue weighted by molar-refractivity contribution is 9.10. The monoisotopic (exact) mass is 274 g/mol. The number of hydrogen-bond donors (Lipinski definition) is 0. The minimum absolute atomic E-state index is 0.604. The second-order valence-electron chi connectivity index (χ2n) is 3.75. The van der Waals surface area contributed by atoms with Crippen LogP contribution in [-0.4, -0.2) is 14.7 Å². The zero-order chi connectivity index (χ0) is 10.4. The maximum atomic E-state index is 11.6. The molecule has 76 valence electrons. The van der Waals surface area contributed by atoms with Gasteiger partial charge in [-0.1, -0.05) is 34.1 Å². The Kier molecular flexibility index (Phi) is 2.23. The fourth-order valence-corrected chi connectivity index (χ4v) is 4.00. The predicted molar refractivity (Wildman–Crippen MR) is 59.9 cm³/mol. The van der Waals surface area contributed by atoms with E-state index in [2.05, 4.69) is 15.9 Å². The third-order valence-electron chi connectivity index (χ3n) is 2.78. The molecule has 2 rings (SSSR count). The van der Waals surface area contributed by atoms with Crippen molar-refractivity contribution in [2.45, 2.75) is 17.6 Å². The lowest BCUT2D eigenvalue weighted by Crippen LogP contribution is -2.19. The zero-order valence-corrected chi connectivity index (χ0v) is 10.2. The quantitative estimate of drug-likeness (QED) is 0.831. The van der Waals surface area contributed by atoms with E-state index in [9.17, 15) is 8.42 Å². The van der Waals surface area contributed by atoms with Crippen LogP contribution in [0.1, 0.15) is 18.4 Å². The molecule has 0 spiro atoms. The lowest BCUT2D eigenvalue weighted by Gasteiger charge is -2.14. The molecule has 0 aromatic heterocycles. The summed E-state index contributed by atoms with van der Waals surface area (Å²) in [6.07, 6.45) is 2.81. The van der Waals surface area contributed by atoms with Crippen molar-refractivity contribution >= 4 is 25.8 Å². The molecule has 0 unspecified atom stereocenters. The lowest BCUT2D eigenvalue weighted by molar-refractivity contribution is 0.586. The highest BCUT2D eigenvalue weighted by Crippen LogP contribution is 2.54. The van der Waals surface area contributed by atoms with E-state index in [0.29, 0.717) is 0 Å². The van der Waals surface area contributed by atoms with Crippen LogP contribution in [0.2, 0.25) is 0 Å². The SMILES string of the molecule is CS(=O)(=O)C1(c2ccccc2Br)CC1. The number of rotatable bonds is 2. The first kappa shape index (κ1) is 10.2. The van der Waals surface area contributed by atoms with Crippen molar-refractivity contribution in [1.82, 2.24) is 0 Å². The van der Waals surface area contributed by atoms with Crippen LogP contribution in [0.25, 0.3) is 0 Å². The average Bonchev–Trinajstić information content (AvgIpc) is 2.84. The molecule has 1 aromatic rings. The van der Waals surface area contributed by atoms with Crippen LogP contribution in [0, 0.1) is 0 Å². The summed E-state index contributed by atoms with van der Waals surface area (Å²) >= 11 is 3.40. The largest absolute Gasteiger partial charge is 0.228 e. The molecule has 0 N–H and O–H groups in total. The minimum Gasteiger partial charge on any atom is -0.228 e. The van der Waals surface area contributed by atoms with Gasteiger partial charge in [0.15, 0.2) is 9.84 Å². The Morgan fingerprint density at radius 1 is 1.29 bits per heavy atom. The van der Waals surface area contributed by atoms with Crippen molar-refractivity contribution in [3.63, 3.8) is 0 Å². The van der Waals surface area contributed by atoms with E-state index in [1.807, 2.05) is 24.3 Å². The van der Waals surface area contributed by atoms with Gasteiger partial charge in [-0.15, -0.1) is 0 Å². The molecule has 0 amide bonds. The number of sulfone groups is 1. The van der Waals surface area contributed by atoms with E-state index in [0.717, 1.165) is 22.9 Å². The van der Waals surface area contributed by atoms with E-state index in [-0.39, 0.29) is 0 Å².